The van der Waals surface area contributed by atoms with Gasteiger partial charge in [0.15, 0.2) is 0 Å². The van der Waals surface area contributed by atoms with E-state index in [0.717, 1.165) is 0 Å². The number of halogens is 1. The normalized spacial score (nSPS) is 13.4. The summed E-state index contributed by atoms with van der Waals surface area (Å²) in [6.07, 6.45) is 0. The lowest BCUT2D eigenvalue weighted by molar-refractivity contribution is -0.158. The number of carbonyl (C=O) groups excluding carboxylic acids is 1. The predicted octanol–water partition coefficient (Wildman–Crippen LogP) is 1.99. The third-order valence-corrected chi connectivity index (χ3v) is 1.64. The molecule has 0 unspecified atom stereocenters. The quantitative estimate of drug-likeness (QED) is 0.744. The van der Waals surface area contributed by atoms with E-state index < -0.39 is 5.60 Å². The van der Waals surface area contributed by atoms with Crippen LogP contribution in [0.3, 0.4) is 0 Å². The summed E-state index contributed by atoms with van der Waals surface area (Å²) in [6.45, 7) is 9.60. The molecule has 4 heteroatoms. The van der Waals surface area contributed by atoms with Gasteiger partial charge in [-0.15, -0.1) is 12.4 Å². The van der Waals surface area contributed by atoms with E-state index in [0.29, 0.717) is 0 Å². The van der Waals surface area contributed by atoms with Gasteiger partial charge in [-0.2, -0.15) is 0 Å². The molecule has 3 nitrogen and oxygen atoms in total. The van der Waals surface area contributed by atoms with Crippen molar-refractivity contribution < 1.29 is 9.53 Å². The Bertz CT molecular complexity index is 175. The molecule has 0 aromatic carbocycles. The monoisotopic (exact) mass is 223 g/mol. The zero-order valence-corrected chi connectivity index (χ0v) is 10.7. The van der Waals surface area contributed by atoms with Crippen LogP contribution in [0.2, 0.25) is 0 Å². The van der Waals surface area contributed by atoms with Crippen LogP contribution in [0.25, 0.3) is 0 Å². The van der Waals surface area contributed by atoms with E-state index in [9.17, 15) is 4.79 Å². The van der Waals surface area contributed by atoms with Crippen LogP contribution in [0.1, 0.15) is 34.6 Å². The summed E-state index contributed by atoms with van der Waals surface area (Å²) in [6, 6.07) is -0.209. The minimum absolute atomic E-state index is 0. The fourth-order valence-electron chi connectivity index (χ4n) is 1.09. The maximum atomic E-state index is 11.5. The van der Waals surface area contributed by atoms with Crippen molar-refractivity contribution in [2.45, 2.75) is 46.3 Å². The Labute approximate surface area is 93.0 Å². The first kappa shape index (κ1) is 16.2. The van der Waals surface area contributed by atoms with E-state index >= 15 is 0 Å². The summed E-state index contributed by atoms with van der Waals surface area (Å²) < 4.78 is 5.25. The van der Waals surface area contributed by atoms with Crippen LogP contribution in [0.5, 0.6) is 0 Å². The largest absolute Gasteiger partial charge is 0.459 e. The van der Waals surface area contributed by atoms with Gasteiger partial charge in [-0.1, -0.05) is 13.8 Å². The molecule has 0 aliphatic rings. The number of nitrogens with one attached hydrogen (secondary N) is 1. The molecule has 1 atom stereocenters. The second kappa shape index (κ2) is 6.25. The fourth-order valence-corrected chi connectivity index (χ4v) is 1.09. The topological polar surface area (TPSA) is 38.3 Å². The molecule has 0 heterocycles. The van der Waals surface area contributed by atoms with Gasteiger partial charge in [0.05, 0.1) is 0 Å². The van der Waals surface area contributed by atoms with Crippen LogP contribution in [0.4, 0.5) is 0 Å². The highest BCUT2D eigenvalue weighted by molar-refractivity contribution is 5.85. The Morgan fingerprint density at radius 2 is 1.71 bits per heavy atom. The molecule has 0 rings (SSSR count). The van der Waals surface area contributed by atoms with Crippen LogP contribution in [-0.2, 0) is 9.53 Å². The molecular formula is C10H22ClNO2. The smallest absolute Gasteiger partial charge is 0.323 e. The van der Waals surface area contributed by atoms with Crippen LogP contribution < -0.4 is 5.32 Å². The molecule has 0 aromatic rings. The van der Waals surface area contributed by atoms with Crippen molar-refractivity contribution in [3.63, 3.8) is 0 Å². The third kappa shape index (κ3) is 6.22. The molecule has 0 saturated carbocycles. The fraction of sp³-hybridized carbons (Fsp3) is 0.900. The molecule has 0 aromatic heterocycles. The van der Waals surface area contributed by atoms with Gasteiger partial charge in [-0.3, -0.25) is 4.79 Å². The molecule has 0 aliphatic carbocycles. The molecule has 1 N–H and O–H groups in total. The SMILES string of the molecule is CN[C@H](C(=O)OC(C)(C)C)C(C)C.Cl. The zero-order valence-electron chi connectivity index (χ0n) is 9.88. The van der Waals surface area contributed by atoms with Gasteiger partial charge in [0.25, 0.3) is 0 Å². The lowest BCUT2D eigenvalue weighted by Crippen LogP contribution is -2.42. The summed E-state index contributed by atoms with van der Waals surface area (Å²) in [5.41, 5.74) is -0.402. The summed E-state index contributed by atoms with van der Waals surface area (Å²) in [7, 11) is 1.77. The van der Waals surface area contributed by atoms with Gasteiger partial charge in [0.1, 0.15) is 11.6 Å². The van der Waals surface area contributed by atoms with Gasteiger partial charge >= 0.3 is 5.97 Å². The second-order valence-corrected chi connectivity index (χ2v) is 4.54. The lowest BCUT2D eigenvalue weighted by Gasteiger charge is -2.25. The third-order valence-electron chi connectivity index (χ3n) is 1.64. The molecule has 0 bridgehead atoms. The lowest BCUT2D eigenvalue weighted by atomic mass is 10.0. The number of likely N-dealkylation sites (N-methyl/N-ethyl adjacent to an activating group) is 1. The van der Waals surface area contributed by atoms with Gasteiger partial charge in [-0.05, 0) is 33.7 Å². The highest BCUT2D eigenvalue weighted by Crippen LogP contribution is 2.11. The maximum absolute atomic E-state index is 11.5. The molecule has 0 fully saturated rings. The van der Waals surface area contributed by atoms with Crippen LogP contribution in [0, 0.1) is 5.92 Å². The Kier molecular flexibility index (Phi) is 7.21. The van der Waals surface area contributed by atoms with Crippen molar-refractivity contribution in [1.82, 2.24) is 5.32 Å². The number of hydrogen-bond acceptors (Lipinski definition) is 3. The van der Waals surface area contributed by atoms with Crippen LogP contribution in [-0.4, -0.2) is 24.7 Å². The minimum atomic E-state index is -0.402. The first-order valence-electron chi connectivity index (χ1n) is 4.68. The molecular weight excluding hydrogens is 202 g/mol. The summed E-state index contributed by atoms with van der Waals surface area (Å²) in [5.74, 6) is 0.0739. The first-order valence-corrected chi connectivity index (χ1v) is 4.68. The average molecular weight is 224 g/mol. The standard InChI is InChI=1S/C10H21NO2.ClH/c1-7(2)8(11-6)9(12)13-10(3,4)5;/h7-8,11H,1-6H3;1H/t8-;/m0./s1. The maximum Gasteiger partial charge on any atom is 0.323 e. The molecule has 0 spiro atoms. The van der Waals surface area contributed by atoms with E-state index in [-0.39, 0.29) is 30.3 Å². The first-order chi connectivity index (χ1) is 5.78. The number of esters is 1. The zero-order chi connectivity index (χ0) is 10.6. The highest BCUT2D eigenvalue weighted by Gasteiger charge is 2.25. The molecule has 0 radical (unpaired) electrons. The van der Waals surface area contributed by atoms with Crippen molar-refractivity contribution >= 4 is 18.4 Å². The van der Waals surface area contributed by atoms with Gasteiger partial charge < -0.3 is 10.1 Å². The van der Waals surface area contributed by atoms with Gasteiger partial charge in [0, 0.05) is 0 Å². The molecule has 0 saturated heterocycles. The van der Waals surface area contributed by atoms with Gasteiger partial charge in [-0.25, -0.2) is 0 Å². The predicted molar refractivity (Wildman–Crippen MR) is 60.8 cm³/mol. The van der Waals surface area contributed by atoms with Crippen molar-refractivity contribution in [3.05, 3.63) is 0 Å². The Hall–Kier alpha value is -0.280. The number of hydrogen-bond donors (Lipinski definition) is 1. The summed E-state index contributed by atoms with van der Waals surface area (Å²) in [4.78, 5) is 11.5. The van der Waals surface area contributed by atoms with E-state index in [2.05, 4.69) is 5.32 Å². The molecule has 0 aliphatic heterocycles. The number of carbonyl (C=O) groups is 1. The molecule has 0 amide bonds. The van der Waals surface area contributed by atoms with Crippen LogP contribution >= 0.6 is 12.4 Å². The average Bonchev–Trinajstić information content (AvgIpc) is 1.82. The number of rotatable bonds is 3. The Morgan fingerprint density at radius 3 is 1.93 bits per heavy atom. The molecule has 14 heavy (non-hydrogen) atoms. The van der Waals surface area contributed by atoms with E-state index in [1.807, 2.05) is 34.6 Å². The van der Waals surface area contributed by atoms with Crippen molar-refractivity contribution in [1.29, 1.82) is 0 Å². The number of ether oxygens (including phenoxy) is 1. The Balaban J connectivity index is 0. The van der Waals surface area contributed by atoms with Crippen molar-refractivity contribution in [2.24, 2.45) is 5.92 Å². The molecule has 86 valence electrons. The van der Waals surface area contributed by atoms with E-state index in [4.69, 9.17) is 4.74 Å². The van der Waals surface area contributed by atoms with Gasteiger partial charge in [0.2, 0.25) is 0 Å². The summed E-state index contributed by atoms with van der Waals surface area (Å²) in [5, 5.41) is 2.95. The van der Waals surface area contributed by atoms with Crippen molar-refractivity contribution in [3.8, 4) is 0 Å². The minimum Gasteiger partial charge on any atom is -0.459 e. The highest BCUT2D eigenvalue weighted by atomic mass is 35.5. The van der Waals surface area contributed by atoms with E-state index in [1.165, 1.54) is 0 Å². The van der Waals surface area contributed by atoms with E-state index in [1.54, 1.807) is 7.05 Å². The van der Waals surface area contributed by atoms with Crippen LogP contribution in [0.15, 0.2) is 0 Å². The second-order valence-electron chi connectivity index (χ2n) is 4.54. The summed E-state index contributed by atoms with van der Waals surface area (Å²) >= 11 is 0. The Morgan fingerprint density at radius 1 is 1.29 bits per heavy atom. The van der Waals surface area contributed by atoms with Crippen molar-refractivity contribution in [2.75, 3.05) is 7.05 Å².